The molecule has 0 spiro atoms. The fourth-order valence-electron chi connectivity index (χ4n) is 1.74. The second kappa shape index (κ2) is 7.47. The summed E-state index contributed by atoms with van der Waals surface area (Å²) in [6, 6.07) is 7.02. The number of carbonyl (C=O) groups excluding carboxylic acids is 1. The van der Waals surface area contributed by atoms with E-state index in [9.17, 15) is 4.79 Å². The highest BCUT2D eigenvalue weighted by atomic mass is 79.9. The van der Waals surface area contributed by atoms with Crippen LogP contribution in [0.4, 0.5) is 0 Å². The summed E-state index contributed by atoms with van der Waals surface area (Å²) < 4.78 is 11.2. The Balaban J connectivity index is 1.84. The minimum absolute atomic E-state index is 0.139. The number of halogens is 2. The average molecular weight is 386 g/mol. The van der Waals surface area contributed by atoms with Crippen LogP contribution in [0.3, 0.4) is 0 Å². The molecule has 1 heterocycles. The van der Waals surface area contributed by atoms with Crippen LogP contribution in [-0.2, 0) is 4.79 Å². The molecular weight excluding hydrogens is 372 g/mol. The first-order valence-electron chi connectivity index (χ1n) is 6.42. The van der Waals surface area contributed by atoms with Gasteiger partial charge in [0.1, 0.15) is 11.5 Å². The van der Waals surface area contributed by atoms with Crippen molar-refractivity contribution in [2.45, 2.75) is 13.8 Å². The molecule has 116 valence electrons. The second-order valence-corrected chi connectivity index (χ2v) is 5.75. The SMILES string of the molecule is Cc1cc(OCC(=O)NN=Cc2ccc(Br)o2)cc(C)c1Cl. The highest BCUT2D eigenvalue weighted by Crippen LogP contribution is 2.25. The zero-order chi connectivity index (χ0) is 16.1. The number of hydrogen-bond donors (Lipinski definition) is 1. The van der Waals surface area contributed by atoms with E-state index in [1.165, 1.54) is 6.21 Å². The third-order valence-electron chi connectivity index (χ3n) is 2.75. The van der Waals surface area contributed by atoms with Crippen LogP contribution < -0.4 is 10.2 Å². The summed E-state index contributed by atoms with van der Waals surface area (Å²) in [6.07, 6.45) is 1.40. The van der Waals surface area contributed by atoms with Crippen LogP contribution in [0, 0.1) is 13.8 Å². The Hall–Kier alpha value is -1.79. The van der Waals surface area contributed by atoms with Crippen molar-refractivity contribution in [3.05, 3.63) is 50.8 Å². The number of nitrogens with zero attached hydrogens (tertiary/aromatic N) is 1. The molecule has 0 aliphatic rings. The Morgan fingerprint density at radius 3 is 2.68 bits per heavy atom. The van der Waals surface area contributed by atoms with E-state index in [4.69, 9.17) is 20.8 Å². The van der Waals surface area contributed by atoms with Gasteiger partial charge in [-0.1, -0.05) is 11.6 Å². The molecule has 22 heavy (non-hydrogen) atoms. The molecule has 0 aliphatic carbocycles. The predicted molar refractivity (Wildman–Crippen MR) is 88.6 cm³/mol. The van der Waals surface area contributed by atoms with Crippen molar-refractivity contribution >= 4 is 39.7 Å². The maximum Gasteiger partial charge on any atom is 0.277 e. The summed E-state index contributed by atoms with van der Waals surface area (Å²) in [6.45, 7) is 3.63. The molecule has 0 saturated carbocycles. The molecule has 0 saturated heterocycles. The molecule has 0 aliphatic heterocycles. The first-order valence-corrected chi connectivity index (χ1v) is 7.59. The van der Waals surface area contributed by atoms with Gasteiger partial charge < -0.3 is 9.15 Å². The number of nitrogens with one attached hydrogen (secondary N) is 1. The lowest BCUT2D eigenvalue weighted by Gasteiger charge is -2.09. The Labute approximate surface area is 141 Å². The lowest BCUT2D eigenvalue weighted by atomic mass is 10.1. The zero-order valence-electron chi connectivity index (χ0n) is 12.0. The molecule has 0 bridgehead atoms. The number of hydrogen-bond acceptors (Lipinski definition) is 4. The Morgan fingerprint density at radius 2 is 2.09 bits per heavy atom. The highest BCUT2D eigenvalue weighted by molar-refractivity contribution is 9.10. The molecule has 0 atom stereocenters. The number of furan rings is 1. The number of carbonyl (C=O) groups is 1. The van der Waals surface area contributed by atoms with E-state index in [0.29, 0.717) is 21.2 Å². The maximum absolute atomic E-state index is 11.6. The number of hydrazone groups is 1. The van der Waals surface area contributed by atoms with Crippen LogP contribution >= 0.6 is 27.5 Å². The fraction of sp³-hybridized carbons (Fsp3) is 0.200. The number of rotatable bonds is 5. The maximum atomic E-state index is 11.6. The zero-order valence-corrected chi connectivity index (χ0v) is 14.4. The van der Waals surface area contributed by atoms with Crippen molar-refractivity contribution in [2.24, 2.45) is 5.10 Å². The number of aryl methyl sites for hydroxylation is 2. The first-order chi connectivity index (χ1) is 10.5. The van der Waals surface area contributed by atoms with Crippen molar-refractivity contribution in [3.8, 4) is 5.75 Å². The van der Waals surface area contributed by atoms with Crippen LogP contribution in [-0.4, -0.2) is 18.7 Å². The van der Waals surface area contributed by atoms with Gasteiger partial charge in [-0.05, 0) is 65.2 Å². The van der Waals surface area contributed by atoms with E-state index >= 15 is 0 Å². The van der Waals surface area contributed by atoms with Crippen LogP contribution in [0.25, 0.3) is 0 Å². The van der Waals surface area contributed by atoms with E-state index in [-0.39, 0.29) is 12.5 Å². The van der Waals surface area contributed by atoms with Gasteiger partial charge in [-0.15, -0.1) is 0 Å². The van der Waals surface area contributed by atoms with Gasteiger partial charge in [-0.3, -0.25) is 4.79 Å². The summed E-state index contributed by atoms with van der Waals surface area (Å²) >= 11 is 9.25. The Bertz CT molecular complexity index is 690. The second-order valence-electron chi connectivity index (χ2n) is 4.59. The summed E-state index contributed by atoms with van der Waals surface area (Å²) in [4.78, 5) is 11.6. The fourth-order valence-corrected chi connectivity index (χ4v) is 2.16. The molecule has 5 nitrogen and oxygen atoms in total. The largest absolute Gasteiger partial charge is 0.484 e. The van der Waals surface area contributed by atoms with E-state index in [1.807, 2.05) is 13.8 Å². The molecule has 0 fully saturated rings. The summed E-state index contributed by atoms with van der Waals surface area (Å²) in [5.41, 5.74) is 4.16. The molecule has 1 aromatic carbocycles. The van der Waals surface area contributed by atoms with Crippen molar-refractivity contribution in [1.82, 2.24) is 5.43 Å². The first kappa shape index (κ1) is 16.6. The standard InChI is InChI=1S/C15H14BrClN2O3/c1-9-5-12(6-10(2)15(9)17)21-8-14(20)19-18-7-11-3-4-13(16)22-11/h3-7H,8H2,1-2H3,(H,19,20). The van der Waals surface area contributed by atoms with E-state index in [1.54, 1.807) is 24.3 Å². The van der Waals surface area contributed by atoms with Crippen LogP contribution in [0.1, 0.15) is 16.9 Å². The number of amides is 1. The molecule has 7 heteroatoms. The lowest BCUT2D eigenvalue weighted by molar-refractivity contribution is -0.123. The summed E-state index contributed by atoms with van der Waals surface area (Å²) in [7, 11) is 0. The number of ether oxygens (including phenoxy) is 1. The van der Waals surface area contributed by atoms with Gasteiger partial charge in [0.25, 0.3) is 5.91 Å². The molecule has 0 unspecified atom stereocenters. The van der Waals surface area contributed by atoms with Gasteiger partial charge in [0.15, 0.2) is 11.3 Å². The minimum atomic E-state index is -0.368. The summed E-state index contributed by atoms with van der Waals surface area (Å²) in [5.74, 6) is 0.748. The monoisotopic (exact) mass is 384 g/mol. The van der Waals surface area contributed by atoms with Gasteiger partial charge in [0.2, 0.25) is 0 Å². The molecule has 2 aromatic rings. The number of benzene rings is 1. The topological polar surface area (TPSA) is 63.8 Å². The van der Waals surface area contributed by atoms with Crippen LogP contribution in [0.5, 0.6) is 5.75 Å². The highest BCUT2D eigenvalue weighted by Gasteiger charge is 2.06. The van der Waals surface area contributed by atoms with Gasteiger partial charge in [0.05, 0.1) is 6.21 Å². The van der Waals surface area contributed by atoms with Gasteiger partial charge in [-0.2, -0.15) is 5.10 Å². The minimum Gasteiger partial charge on any atom is -0.484 e. The van der Waals surface area contributed by atoms with Gasteiger partial charge in [-0.25, -0.2) is 5.43 Å². The molecule has 1 aromatic heterocycles. The van der Waals surface area contributed by atoms with Crippen molar-refractivity contribution in [3.63, 3.8) is 0 Å². The Kier molecular flexibility index (Phi) is 5.63. The predicted octanol–water partition coefficient (Wildman–Crippen LogP) is 3.84. The average Bonchev–Trinajstić information content (AvgIpc) is 2.88. The molecule has 2 rings (SSSR count). The van der Waals surface area contributed by atoms with Crippen molar-refractivity contribution < 1.29 is 13.9 Å². The lowest BCUT2D eigenvalue weighted by Crippen LogP contribution is -2.24. The van der Waals surface area contributed by atoms with Gasteiger partial charge >= 0.3 is 0 Å². The van der Waals surface area contributed by atoms with E-state index in [0.717, 1.165) is 11.1 Å². The quantitative estimate of drug-likeness (QED) is 0.628. The van der Waals surface area contributed by atoms with Crippen molar-refractivity contribution in [2.75, 3.05) is 6.61 Å². The van der Waals surface area contributed by atoms with E-state index < -0.39 is 0 Å². The third kappa shape index (κ3) is 4.61. The third-order valence-corrected chi connectivity index (χ3v) is 3.78. The van der Waals surface area contributed by atoms with Gasteiger partial charge in [0, 0.05) is 5.02 Å². The van der Waals surface area contributed by atoms with Crippen molar-refractivity contribution in [1.29, 1.82) is 0 Å². The normalized spacial score (nSPS) is 10.9. The molecular formula is C15H14BrClN2O3. The molecule has 1 N–H and O–H groups in total. The van der Waals surface area contributed by atoms with E-state index in [2.05, 4.69) is 26.5 Å². The summed E-state index contributed by atoms with van der Waals surface area (Å²) in [5, 5.41) is 4.48. The Morgan fingerprint density at radius 1 is 1.41 bits per heavy atom. The van der Waals surface area contributed by atoms with Crippen LogP contribution in [0.2, 0.25) is 5.02 Å². The van der Waals surface area contributed by atoms with Crippen LogP contribution in [0.15, 0.2) is 38.5 Å². The molecule has 0 radical (unpaired) electrons. The molecule has 1 amide bonds. The smallest absolute Gasteiger partial charge is 0.277 e.